The minimum atomic E-state index is -3.32. The van der Waals surface area contributed by atoms with E-state index < -0.39 is 10.2 Å². The summed E-state index contributed by atoms with van der Waals surface area (Å²) in [6, 6.07) is 0. The number of carbonyl (C=O) groups excluding carboxylic acids is 1. The molecule has 7 nitrogen and oxygen atoms in total. The van der Waals surface area contributed by atoms with E-state index in [0.29, 0.717) is 32.0 Å². The Bertz CT molecular complexity index is 532. The lowest BCUT2D eigenvalue weighted by atomic mass is 9.84. The van der Waals surface area contributed by atoms with Crippen LogP contribution in [0.4, 0.5) is 0 Å². The van der Waals surface area contributed by atoms with Gasteiger partial charge in [-0.05, 0) is 19.3 Å². The summed E-state index contributed by atoms with van der Waals surface area (Å²) in [7, 11) is -0.228. The molecule has 0 bridgehead atoms. The van der Waals surface area contributed by atoms with Crippen LogP contribution in [0.15, 0.2) is 0 Å². The van der Waals surface area contributed by atoms with Crippen LogP contribution in [0.2, 0.25) is 0 Å². The SMILES string of the molecule is CN(C)S(=O)(=O)N1CC2(CC[C@@H](CN3CCCC3=O)CO2)C1. The summed E-state index contributed by atoms with van der Waals surface area (Å²) in [6.07, 6.45) is 3.52. The van der Waals surface area contributed by atoms with Gasteiger partial charge >= 0.3 is 0 Å². The van der Waals surface area contributed by atoms with Crippen molar-refractivity contribution in [3.8, 4) is 0 Å². The van der Waals surface area contributed by atoms with Gasteiger partial charge in [0.05, 0.1) is 12.2 Å². The summed E-state index contributed by atoms with van der Waals surface area (Å²) in [5.74, 6) is 0.638. The zero-order chi connectivity index (χ0) is 16.0. The predicted octanol–water partition coefficient (Wildman–Crippen LogP) is -0.104. The molecule has 0 aromatic heterocycles. The standard InChI is InChI=1S/C14H25N3O4S/c1-15(2)22(19,20)17-10-14(11-17)6-5-12(9-21-14)8-16-7-3-4-13(16)18/h12H,3-11H2,1-2H3/t12-/m0/s1. The topological polar surface area (TPSA) is 70.2 Å². The largest absolute Gasteiger partial charge is 0.372 e. The van der Waals surface area contributed by atoms with Crippen LogP contribution in [-0.2, 0) is 19.7 Å². The molecule has 8 heteroatoms. The molecule has 0 aromatic carbocycles. The van der Waals surface area contributed by atoms with E-state index in [9.17, 15) is 13.2 Å². The third-order valence-electron chi connectivity index (χ3n) is 5.00. The number of amides is 1. The Balaban J connectivity index is 1.48. The van der Waals surface area contributed by atoms with Gasteiger partial charge in [-0.25, -0.2) is 0 Å². The van der Waals surface area contributed by atoms with Crippen LogP contribution in [0.1, 0.15) is 25.7 Å². The molecule has 0 aliphatic carbocycles. The van der Waals surface area contributed by atoms with Gasteiger partial charge in [-0.2, -0.15) is 17.0 Å². The summed E-state index contributed by atoms with van der Waals surface area (Å²) < 4.78 is 32.8. The molecule has 1 spiro atoms. The highest BCUT2D eigenvalue weighted by Gasteiger charge is 2.51. The van der Waals surface area contributed by atoms with Gasteiger partial charge in [0.1, 0.15) is 0 Å². The van der Waals surface area contributed by atoms with Crippen LogP contribution in [-0.4, -0.2) is 80.3 Å². The van der Waals surface area contributed by atoms with Gasteiger partial charge in [0.15, 0.2) is 0 Å². The first-order chi connectivity index (χ1) is 10.3. The smallest absolute Gasteiger partial charge is 0.281 e. The van der Waals surface area contributed by atoms with Crippen molar-refractivity contribution in [2.45, 2.75) is 31.3 Å². The van der Waals surface area contributed by atoms with E-state index in [4.69, 9.17) is 4.74 Å². The second kappa shape index (κ2) is 5.74. The van der Waals surface area contributed by atoms with Crippen LogP contribution < -0.4 is 0 Å². The normalized spacial score (nSPS) is 29.3. The van der Waals surface area contributed by atoms with Crippen molar-refractivity contribution in [3.63, 3.8) is 0 Å². The summed E-state index contributed by atoms with van der Waals surface area (Å²) >= 11 is 0. The molecule has 1 amide bonds. The second-order valence-electron chi connectivity index (χ2n) is 6.90. The fourth-order valence-corrected chi connectivity index (χ4v) is 4.77. The minimum absolute atomic E-state index is 0.257. The quantitative estimate of drug-likeness (QED) is 0.721. The fraction of sp³-hybridized carbons (Fsp3) is 0.929. The lowest BCUT2D eigenvalue weighted by molar-refractivity contribution is -0.161. The molecule has 3 aliphatic rings. The number of hydrogen-bond acceptors (Lipinski definition) is 4. The average molecular weight is 331 g/mol. The maximum atomic E-state index is 12.0. The molecule has 0 unspecified atom stereocenters. The fourth-order valence-electron chi connectivity index (χ4n) is 3.51. The number of carbonyl (C=O) groups is 1. The first-order valence-corrected chi connectivity index (χ1v) is 9.31. The molecule has 3 aliphatic heterocycles. The van der Waals surface area contributed by atoms with Crippen LogP contribution in [0.5, 0.6) is 0 Å². The van der Waals surface area contributed by atoms with Gasteiger partial charge in [-0.3, -0.25) is 4.79 Å². The first kappa shape index (κ1) is 16.2. The Morgan fingerprint density at radius 3 is 2.59 bits per heavy atom. The molecule has 3 saturated heterocycles. The zero-order valence-electron chi connectivity index (χ0n) is 13.3. The minimum Gasteiger partial charge on any atom is -0.372 e. The third kappa shape index (κ3) is 2.89. The van der Waals surface area contributed by atoms with E-state index in [1.165, 1.54) is 8.61 Å². The molecule has 0 N–H and O–H groups in total. The van der Waals surface area contributed by atoms with Crippen LogP contribution in [0, 0.1) is 5.92 Å². The van der Waals surface area contributed by atoms with Gasteiger partial charge in [-0.15, -0.1) is 0 Å². The van der Waals surface area contributed by atoms with Crippen molar-refractivity contribution in [3.05, 3.63) is 0 Å². The van der Waals surface area contributed by atoms with E-state index in [2.05, 4.69) is 0 Å². The Morgan fingerprint density at radius 1 is 1.36 bits per heavy atom. The summed E-state index contributed by atoms with van der Waals surface area (Å²) in [5, 5.41) is 0. The Labute approximate surface area is 132 Å². The molecule has 126 valence electrons. The van der Waals surface area contributed by atoms with Crippen molar-refractivity contribution < 1.29 is 17.9 Å². The number of hydrogen-bond donors (Lipinski definition) is 0. The van der Waals surface area contributed by atoms with E-state index in [1.54, 1.807) is 14.1 Å². The van der Waals surface area contributed by atoms with Gasteiger partial charge in [-0.1, -0.05) is 0 Å². The van der Waals surface area contributed by atoms with Crippen molar-refractivity contribution in [1.82, 2.24) is 13.5 Å². The maximum Gasteiger partial charge on any atom is 0.281 e. The number of ether oxygens (including phenoxy) is 1. The zero-order valence-corrected chi connectivity index (χ0v) is 14.1. The van der Waals surface area contributed by atoms with Crippen LogP contribution >= 0.6 is 0 Å². The maximum absolute atomic E-state index is 12.0. The predicted molar refractivity (Wildman–Crippen MR) is 81.4 cm³/mol. The third-order valence-corrected chi connectivity index (χ3v) is 6.83. The molecule has 3 fully saturated rings. The summed E-state index contributed by atoms with van der Waals surface area (Å²) in [6.45, 7) is 3.18. The van der Waals surface area contributed by atoms with Crippen LogP contribution in [0.25, 0.3) is 0 Å². The van der Waals surface area contributed by atoms with Crippen molar-refractivity contribution >= 4 is 16.1 Å². The Morgan fingerprint density at radius 2 is 2.09 bits per heavy atom. The van der Waals surface area contributed by atoms with E-state index in [1.807, 2.05) is 4.90 Å². The van der Waals surface area contributed by atoms with E-state index in [-0.39, 0.29) is 11.5 Å². The van der Waals surface area contributed by atoms with Gasteiger partial charge in [0.25, 0.3) is 10.2 Å². The molecule has 3 rings (SSSR count). The van der Waals surface area contributed by atoms with E-state index >= 15 is 0 Å². The lowest BCUT2D eigenvalue weighted by Gasteiger charge is -2.52. The first-order valence-electron chi connectivity index (χ1n) is 7.92. The monoisotopic (exact) mass is 331 g/mol. The highest BCUT2D eigenvalue weighted by molar-refractivity contribution is 7.86. The highest BCUT2D eigenvalue weighted by atomic mass is 32.2. The van der Waals surface area contributed by atoms with Gasteiger partial charge in [0.2, 0.25) is 5.91 Å². The van der Waals surface area contributed by atoms with E-state index in [0.717, 1.165) is 32.4 Å². The Hall–Kier alpha value is -0.700. The van der Waals surface area contributed by atoms with Crippen molar-refractivity contribution in [1.29, 1.82) is 0 Å². The number of likely N-dealkylation sites (tertiary alicyclic amines) is 1. The van der Waals surface area contributed by atoms with Crippen LogP contribution in [0.3, 0.4) is 0 Å². The second-order valence-corrected chi connectivity index (χ2v) is 9.04. The lowest BCUT2D eigenvalue weighted by Crippen LogP contribution is -2.67. The summed E-state index contributed by atoms with van der Waals surface area (Å²) in [5.41, 5.74) is -0.297. The van der Waals surface area contributed by atoms with Gasteiger partial charge in [0, 0.05) is 52.6 Å². The Kier molecular flexibility index (Phi) is 4.22. The summed E-state index contributed by atoms with van der Waals surface area (Å²) in [4.78, 5) is 13.6. The average Bonchev–Trinajstić information content (AvgIpc) is 2.82. The number of rotatable bonds is 4. The van der Waals surface area contributed by atoms with Crippen molar-refractivity contribution in [2.24, 2.45) is 5.92 Å². The molecular formula is C14H25N3O4S. The molecule has 0 aromatic rings. The molecule has 0 radical (unpaired) electrons. The van der Waals surface area contributed by atoms with Crippen molar-refractivity contribution in [2.75, 3.05) is 46.9 Å². The van der Waals surface area contributed by atoms with Gasteiger partial charge < -0.3 is 9.64 Å². The molecule has 3 heterocycles. The highest BCUT2D eigenvalue weighted by Crippen LogP contribution is 2.38. The molecule has 22 heavy (non-hydrogen) atoms. The number of nitrogens with zero attached hydrogens (tertiary/aromatic N) is 3. The molecule has 0 saturated carbocycles. The molecule has 1 atom stereocenters. The molecular weight excluding hydrogens is 306 g/mol.